The highest BCUT2D eigenvalue weighted by molar-refractivity contribution is 7.16. The zero-order chi connectivity index (χ0) is 20.5. The highest BCUT2D eigenvalue weighted by atomic mass is 32.1. The first-order chi connectivity index (χ1) is 14.7. The van der Waals surface area contributed by atoms with Gasteiger partial charge in [0.25, 0.3) is 0 Å². The summed E-state index contributed by atoms with van der Waals surface area (Å²) < 4.78 is 19.6. The van der Waals surface area contributed by atoms with Gasteiger partial charge in [0.1, 0.15) is 17.2 Å². The number of aromatic amines is 2. The molecule has 0 spiro atoms. The van der Waals surface area contributed by atoms with Gasteiger partial charge in [-0.1, -0.05) is 12.1 Å². The smallest absolute Gasteiger partial charge is 0.410 e. The quantitative estimate of drug-likeness (QED) is 0.369. The Morgan fingerprint density at radius 3 is 2.80 bits per heavy atom. The molecule has 5 rings (SSSR count). The second-order valence-electron chi connectivity index (χ2n) is 6.91. The number of carbonyl (C=O) groups excluding carboxylic acids is 1. The van der Waals surface area contributed by atoms with Crippen LogP contribution in [0.25, 0.3) is 21.3 Å². The van der Waals surface area contributed by atoms with Crippen molar-refractivity contribution in [2.45, 2.75) is 13.0 Å². The first kappa shape index (κ1) is 18.4. The molecule has 3 heterocycles. The van der Waals surface area contributed by atoms with E-state index in [1.807, 2.05) is 30.0 Å². The lowest BCUT2D eigenvalue weighted by Gasteiger charge is -2.07. The molecule has 0 radical (unpaired) electrons. The first-order valence-electron chi connectivity index (χ1n) is 9.35. The lowest BCUT2D eigenvalue weighted by atomic mass is 10.1. The third kappa shape index (κ3) is 3.65. The van der Waals surface area contributed by atoms with Crippen molar-refractivity contribution in [2.75, 3.05) is 0 Å². The Balaban J connectivity index is 1.30. The van der Waals surface area contributed by atoms with E-state index >= 15 is 0 Å². The molecule has 0 aliphatic carbocycles. The van der Waals surface area contributed by atoms with Gasteiger partial charge in [0, 0.05) is 36.3 Å². The second kappa shape index (κ2) is 7.64. The molecule has 1 amide bonds. The van der Waals surface area contributed by atoms with Crippen molar-refractivity contribution < 1.29 is 13.9 Å². The minimum Gasteiger partial charge on any atom is -0.410 e. The molecule has 0 aliphatic rings. The van der Waals surface area contributed by atoms with Gasteiger partial charge in [-0.25, -0.2) is 14.2 Å². The van der Waals surface area contributed by atoms with Crippen molar-refractivity contribution in [3.8, 4) is 5.75 Å². The highest BCUT2D eigenvalue weighted by Gasteiger charge is 2.12. The van der Waals surface area contributed by atoms with E-state index in [2.05, 4.69) is 20.3 Å². The number of ether oxygens (including phenoxy) is 1. The normalized spacial score (nSPS) is 11.2. The van der Waals surface area contributed by atoms with Crippen LogP contribution in [0.15, 0.2) is 60.4 Å². The number of H-pyrrole nitrogens is 2. The van der Waals surface area contributed by atoms with Gasteiger partial charge in [-0.2, -0.15) is 0 Å². The Kier molecular flexibility index (Phi) is 4.68. The van der Waals surface area contributed by atoms with Gasteiger partial charge >= 0.3 is 6.09 Å². The zero-order valence-electron chi connectivity index (χ0n) is 15.7. The first-order valence-corrected chi connectivity index (χ1v) is 10.2. The maximum Gasteiger partial charge on any atom is 0.412 e. The molecule has 0 fully saturated rings. The third-order valence-electron chi connectivity index (χ3n) is 4.92. The summed E-state index contributed by atoms with van der Waals surface area (Å²) in [5.41, 5.74) is 6.78. The number of nitrogens with zero attached hydrogens (tertiary/aromatic N) is 1. The summed E-state index contributed by atoms with van der Waals surface area (Å²) in [7, 11) is 0. The number of fused-ring (bicyclic) bond motifs is 2. The maximum absolute atomic E-state index is 13.0. The van der Waals surface area contributed by atoms with Gasteiger partial charge in [0.2, 0.25) is 0 Å². The standard InChI is InChI=1S/C22H17FN4O2S/c23-16-3-1-13(2-4-16)9-26-22(28)29-17-5-6-19-18(8-17)14(10-24-19)7-15-11-25-21-20(15)30-12-27-21/h1-6,8,10-12,24-25H,7,9H2,(H,26,28). The largest absolute Gasteiger partial charge is 0.412 e. The molecule has 0 atom stereocenters. The van der Waals surface area contributed by atoms with E-state index in [4.69, 9.17) is 4.74 Å². The minimum absolute atomic E-state index is 0.259. The number of hydrogen-bond acceptors (Lipinski definition) is 4. The van der Waals surface area contributed by atoms with Gasteiger partial charge in [0.15, 0.2) is 0 Å². The monoisotopic (exact) mass is 420 g/mol. The molecular weight excluding hydrogens is 403 g/mol. The van der Waals surface area contributed by atoms with Crippen LogP contribution in [-0.2, 0) is 13.0 Å². The summed E-state index contributed by atoms with van der Waals surface area (Å²) in [5.74, 6) is 0.143. The fraction of sp³-hybridized carbons (Fsp3) is 0.0909. The Morgan fingerprint density at radius 2 is 1.93 bits per heavy atom. The predicted octanol–water partition coefficient (Wildman–Crippen LogP) is 5.12. The van der Waals surface area contributed by atoms with Gasteiger partial charge < -0.3 is 20.0 Å². The van der Waals surface area contributed by atoms with Gasteiger partial charge in [-0.05, 0) is 47.0 Å². The molecule has 30 heavy (non-hydrogen) atoms. The molecule has 5 aromatic rings. The average Bonchev–Trinajstić information content (AvgIpc) is 3.45. The zero-order valence-corrected chi connectivity index (χ0v) is 16.6. The van der Waals surface area contributed by atoms with Crippen LogP contribution in [-0.4, -0.2) is 21.0 Å². The van der Waals surface area contributed by atoms with Crippen LogP contribution in [0, 0.1) is 5.82 Å². The molecule has 6 nitrogen and oxygen atoms in total. The Morgan fingerprint density at radius 1 is 1.10 bits per heavy atom. The second-order valence-corrected chi connectivity index (χ2v) is 7.77. The molecule has 0 unspecified atom stereocenters. The number of benzene rings is 2. The van der Waals surface area contributed by atoms with E-state index in [0.717, 1.165) is 38.8 Å². The molecule has 2 aromatic carbocycles. The number of amides is 1. The summed E-state index contributed by atoms with van der Waals surface area (Å²) in [6.07, 6.45) is 4.13. The Bertz CT molecular complexity index is 1340. The van der Waals surface area contributed by atoms with Crippen LogP contribution in [0.4, 0.5) is 9.18 Å². The van der Waals surface area contributed by atoms with Gasteiger partial charge in [-0.3, -0.25) is 0 Å². The van der Waals surface area contributed by atoms with E-state index < -0.39 is 6.09 Å². The van der Waals surface area contributed by atoms with Crippen molar-refractivity contribution in [2.24, 2.45) is 0 Å². The summed E-state index contributed by atoms with van der Waals surface area (Å²) in [4.78, 5) is 22.9. The van der Waals surface area contributed by atoms with E-state index in [9.17, 15) is 9.18 Å². The average molecular weight is 420 g/mol. The van der Waals surface area contributed by atoms with Crippen molar-refractivity contribution in [3.05, 3.63) is 82.9 Å². The molecule has 0 saturated heterocycles. The summed E-state index contributed by atoms with van der Waals surface area (Å²) >= 11 is 1.61. The number of carbonyl (C=O) groups is 1. The lowest BCUT2D eigenvalue weighted by Crippen LogP contribution is -2.26. The molecule has 150 valence electrons. The Labute approximate surface area is 174 Å². The number of rotatable bonds is 5. The van der Waals surface area contributed by atoms with Crippen molar-refractivity contribution in [3.63, 3.8) is 0 Å². The van der Waals surface area contributed by atoms with E-state index in [-0.39, 0.29) is 12.4 Å². The van der Waals surface area contributed by atoms with Crippen LogP contribution in [0.3, 0.4) is 0 Å². The number of hydrogen-bond donors (Lipinski definition) is 3. The Hall–Kier alpha value is -3.65. The minimum atomic E-state index is -0.562. The topological polar surface area (TPSA) is 82.8 Å². The van der Waals surface area contributed by atoms with E-state index in [0.29, 0.717) is 5.75 Å². The fourth-order valence-electron chi connectivity index (χ4n) is 3.42. The predicted molar refractivity (Wildman–Crippen MR) is 114 cm³/mol. The van der Waals surface area contributed by atoms with Crippen molar-refractivity contribution in [1.82, 2.24) is 20.3 Å². The van der Waals surface area contributed by atoms with Gasteiger partial charge in [0.05, 0.1) is 10.2 Å². The van der Waals surface area contributed by atoms with Crippen LogP contribution in [0.1, 0.15) is 16.7 Å². The molecular formula is C22H17FN4O2S. The van der Waals surface area contributed by atoms with Crippen LogP contribution < -0.4 is 10.1 Å². The van der Waals surface area contributed by atoms with Crippen molar-refractivity contribution in [1.29, 1.82) is 0 Å². The van der Waals surface area contributed by atoms with Crippen LogP contribution >= 0.6 is 11.3 Å². The fourth-order valence-corrected chi connectivity index (χ4v) is 4.19. The van der Waals surface area contributed by atoms with E-state index in [1.165, 1.54) is 17.7 Å². The maximum atomic E-state index is 13.0. The van der Waals surface area contributed by atoms with Crippen LogP contribution in [0.2, 0.25) is 0 Å². The molecule has 3 aromatic heterocycles. The summed E-state index contributed by atoms with van der Waals surface area (Å²) in [5, 5.41) is 3.67. The summed E-state index contributed by atoms with van der Waals surface area (Å²) in [6.45, 7) is 0.259. The molecule has 8 heteroatoms. The number of nitrogens with one attached hydrogen (secondary N) is 3. The number of halogens is 1. The molecule has 3 N–H and O–H groups in total. The molecule has 0 bridgehead atoms. The third-order valence-corrected chi connectivity index (χ3v) is 5.82. The number of aromatic nitrogens is 3. The lowest BCUT2D eigenvalue weighted by molar-refractivity contribution is 0.200. The molecule has 0 saturated carbocycles. The van der Waals surface area contributed by atoms with Gasteiger partial charge in [-0.15, -0.1) is 11.3 Å². The number of thiazole rings is 1. The summed E-state index contributed by atoms with van der Waals surface area (Å²) in [6, 6.07) is 11.4. The van der Waals surface area contributed by atoms with Crippen LogP contribution in [0.5, 0.6) is 5.75 Å². The van der Waals surface area contributed by atoms with Crippen molar-refractivity contribution >= 4 is 38.7 Å². The molecule has 0 aliphatic heterocycles. The highest BCUT2D eigenvalue weighted by Crippen LogP contribution is 2.29. The SMILES string of the molecule is O=C(NCc1ccc(F)cc1)Oc1ccc2[nH]cc(Cc3c[nH]c4ncsc34)c2c1. The van der Waals surface area contributed by atoms with E-state index in [1.54, 1.807) is 29.5 Å².